The number of furan rings is 1. The molecule has 3 heteroatoms. The number of hydrogen-bond donors (Lipinski definition) is 1. The summed E-state index contributed by atoms with van der Waals surface area (Å²) in [4.78, 5) is 0. The standard InChI is InChI=1S/C17H27NO2/c1-12-4-3-5-16(8-12)19-11-14-9-17(20-13(14)2)10-18-15-6-7-15/h9,12,15-16,18H,3-8,10-11H2,1-2H3. The molecule has 1 heterocycles. The summed E-state index contributed by atoms with van der Waals surface area (Å²) in [6.07, 6.45) is 8.19. The molecule has 2 aliphatic carbocycles. The van der Waals surface area contributed by atoms with Crippen LogP contribution in [0.3, 0.4) is 0 Å². The van der Waals surface area contributed by atoms with Crippen molar-refractivity contribution >= 4 is 0 Å². The Kier molecular flexibility index (Phi) is 4.47. The summed E-state index contributed by atoms with van der Waals surface area (Å²) in [5.41, 5.74) is 1.22. The molecule has 2 aliphatic rings. The Morgan fingerprint density at radius 2 is 2.15 bits per heavy atom. The summed E-state index contributed by atoms with van der Waals surface area (Å²) in [5, 5.41) is 3.49. The van der Waals surface area contributed by atoms with Gasteiger partial charge in [-0.1, -0.05) is 19.8 Å². The van der Waals surface area contributed by atoms with E-state index in [-0.39, 0.29) is 0 Å². The van der Waals surface area contributed by atoms with Gasteiger partial charge in [-0.2, -0.15) is 0 Å². The van der Waals surface area contributed by atoms with Crippen LogP contribution in [0.1, 0.15) is 62.5 Å². The molecule has 2 fully saturated rings. The van der Waals surface area contributed by atoms with Crippen molar-refractivity contribution in [3.05, 3.63) is 23.2 Å². The lowest BCUT2D eigenvalue weighted by Crippen LogP contribution is -2.21. The van der Waals surface area contributed by atoms with Crippen molar-refractivity contribution in [1.82, 2.24) is 5.32 Å². The van der Waals surface area contributed by atoms with Crippen molar-refractivity contribution in [2.24, 2.45) is 5.92 Å². The number of aryl methyl sites for hydroxylation is 1. The molecular formula is C17H27NO2. The van der Waals surface area contributed by atoms with Crippen molar-refractivity contribution < 1.29 is 9.15 Å². The first kappa shape index (κ1) is 14.2. The highest BCUT2D eigenvalue weighted by molar-refractivity contribution is 5.20. The van der Waals surface area contributed by atoms with Gasteiger partial charge < -0.3 is 14.5 Å². The quantitative estimate of drug-likeness (QED) is 0.855. The molecule has 0 radical (unpaired) electrons. The zero-order valence-corrected chi connectivity index (χ0v) is 12.8. The summed E-state index contributed by atoms with van der Waals surface area (Å²) in [5.74, 6) is 2.88. The lowest BCUT2D eigenvalue weighted by Gasteiger charge is -2.26. The lowest BCUT2D eigenvalue weighted by molar-refractivity contribution is 0.00423. The fraction of sp³-hybridized carbons (Fsp3) is 0.765. The Balaban J connectivity index is 1.48. The van der Waals surface area contributed by atoms with Crippen molar-refractivity contribution in [2.45, 2.75) is 77.7 Å². The van der Waals surface area contributed by atoms with Crippen LogP contribution in [-0.4, -0.2) is 12.1 Å². The van der Waals surface area contributed by atoms with Crippen LogP contribution in [0, 0.1) is 12.8 Å². The first-order chi connectivity index (χ1) is 9.70. The number of hydrogen-bond acceptors (Lipinski definition) is 3. The SMILES string of the molecule is Cc1oc(CNC2CC2)cc1COC1CCCC(C)C1. The second-order valence-corrected chi connectivity index (χ2v) is 6.65. The first-order valence-corrected chi connectivity index (χ1v) is 8.14. The van der Waals surface area contributed by atoms with E-state index in [4.69, 9.17) is 9.15 Å². The van der Waals surface area contributed by atoms with E-state index >= 15 is 0 Å². The monoisotopic (exact) mass is 277 g/mol. The molecule has 0 saturated heterocycles. The third-order valence-corrected chi connectivity index (χ3v) is 4.58. The van der Waals surface area contributed by atoms with Crippen LogP contribution in [0.2, 0.25) is 0 Å². The van der Waals surface area contributed by atoms with Crippen molar-refractivity contribution in [3.63, 3.8) is 0 Å². The van der Waals surface area contributed by atoms with Crippen LogP contribution in [0.4, 0.5) is 0 Å². The highest BCUT2D eigenvalue weighted by atomic mass is 16.5. The number of nitrogens with one attached hydrogen (secondary N) is 1. The second kappa shape index (κ2) is 6.31. The third kappa shape index (κ3) is 3.86. The Labute approximate surface area is 122 Å². The molecule has 20 heavy (non-hydrogen) atoms. The highest BCUT2D eigenvalue weighted by Gasteiger charge is 2.22. The molecule has 0 aromatic carbocycles. The zero-order valence-electron chi connectivity index (χ0n) is 12.8. The van der Waals surface area contributed by atoms with Crippen molar-refractivity contribution in [1.29, 1.82) is 0 Å². The molecule has 3 rings (SSSR count). The summed E-state index contributed by atoms with van der Waals surface area (Å²) >= 11 is 0. The van der Waals surface area contributed by atoms with E-state index in [1.54, 1.807) is 0 Å². The molecule has 3 nitrogen and oxygen atoms in total. The minimum atomic E-state index is 0.445. The van der Waals surface area contributed by atoms with Gasteiger partial charge in [-0.05, 0) is 44.6 Å². The van der Waals surface area contributed by atoms with E-state index in [1.807, 2.05) is 6.92 Å². The molecule has 2 saturated carbocycles. The van der Waals surface area contributed by atoms with Gasteiger partial charge in [0.25, 0.3) is 0 Å². The van der Waals surface area contributed by atoms with Crippen LogP contribution in [0.25, 0.3) is 0 Å². The minimum Gasteiger partial charge on any atom is -0.465 e. The van der Waals surface area contributed by atoms with E-state index in [0.717, 1.165) is 30.0 Å². The molecule has 1 aromatic heterocycles. The predicted octanol–water partition coefficient (Wildman–Crippen LogP) is 3.94. The number of rotatable bonds is 6. The molecule has 2 atom stereocenters. The van der Waals surface area contributed by atoms with Gasteiger partial charge in [0, 0.05) is 11.6 Å². The van der Waals surface area contributed by atoms with E-state index < -0.39 is 0 Å². The third-order valence-electron chi connectivity index (χ3n) is 4.58. The number of ether oxygens (including phenoxy) is 1. The normalized spacial score (nSPS) is 26.9. The fourth-order valence-electron chi connectivity index (χ4n) is 3.09. The van der Waals surface area contributed by atoms with Crippen LogP contribution in [0.15, 0.2) is 10.5 Å². The van der Waals surface area contributed by atoms with Gasteiger partial charge in [0.2, 0.25) is 0 Å². The van der Waals surface area contributed by atoms with E-state index in [2.05, 4.69) is 18.3 Å². The largest absolute Gasteiger partial charge is 0.465 e. The Morgan fingerprint density at radius 3 is 2.90 bits per heavy atom. The van der Waals surface area contributed by atoms with Gasteiger partial charge in [-0.25, -0.2) is 0 Å². The second-order valence-electron chi connectivity index (χ2n) is 6.65. The summed E-state index contributed by atoms with van der Waals surface area (Å²) in [6.45, 7) is 5.94. The molecule has 0 bridgehead atoms. The van der Waals surface area contributed by atoms with Crippen LogP contribution < -0.4 is 5.32 Å². The van der Waals surface area contributed by atoms with Crippen LogP contribution in [0.5, 0.6) is 0 Å². The van der Waals surface area contributed by atoms with Crippen LogP contribution in [-0.2, 0) is 17.9 Å². The van der Waals surface area contributed by atoms with Gasteiger partial charge in [0.1, 0.15) is 11.5 Å². The Morgan fingerprint density at radius 1 is 1.30 bits per heavy atom. The van der Waals surface area contributed by atoms with Crippen molar-refractivity contribution in [2.75, 3.05) is 0 Å². The van der Waals surface area contributed by atoms with E-state index in [9.17, 15) is 0 Å². The summed E-state index contributed by atoms with van der Waals surface area (Å²) in [6, 6.07) is 2.89. The molecule has 0 amide bonds. The molecule has 0 aliphatic heterocycles. The lowest BCUT2D eigenvalue weighted by atomic mass is 9.89. The van der Waals surface area contributed by atoms with E-state index in [0.29, 0.717) is 12.7 Å². The molecule has 112 valence electrons. The maximum Gasteiger partial charge on any atom is 0.118 e. The highest BCUT2D eigenvalue weighted by Crippen LogP contribution is 2.27. The Hall–Kier alpha value is -0.800. The Bertz CT molecular complexity index is 436. The predicted molar refractivity (Wildman–Crippen MR) is 79.5 cm³/mol. The fourth-order valence-corrected chi connectivity index (χ4v) is 3.09. The maximum absolute atomic E-state index is 6.09. The average molecular weight is 277 g/mol. The molecular weight excluding hydrogens is 250 g/mol. The van der Waals surface area contributed by atoms with Gasteiger partial charge >= 0.3 is 0 Å². The van der Waals surface area contributed by atoms with Gasteiger partial charge in [-0.15, -0.1) is 0 Å². The van der Waals surface area contributed by atoms with E-state index in [1.165, 1.54) is 44.1 Å². The molecule has 1 N–H and O–H groups in total. The smallest absolute Gasteiger partial charge is 0.118 e. The van der Waals surface area contributed by atoms with Gasteiger partial charge in [0.15, 0.2) is 0 Å². The van der Waals surface area contributed by atoms with Gasteiger partial charge in [0.05, 0.1) is 19.3 Å². The zero-order chi connectivity index (χ0) is 13.9. The molecule has 1 aromatic rings. The summed E-state index contributed by atoms with van der Waals surface area (Å²) < 4.78 is 11.9. The van der Waals surface area contributed by atoms with Crippen molar-refractivity contribution in [3.8, 4) is 0 Å². The summed E-state index contributed by atoms with van der Waals surface area (Å²) in [7, 11) is 0. The molecule has 0 spiro atoms. The van der Waals surface area contributed by atoms with Gasteiger partial charge in [-0.3, -0.25) is 0 Å². The molecule has 2 unspecified atom stereocenters. The van der Waals surface area contributed by atoms with Crippen LogP contribution >= 0.6 is 0 Å². The first-order valence-electron chi connectivity index (χ1n) is 8.14. The minimum absolute atomic E-state index is 0.445. The average Bonchev–Trinajstić information content (AvgIpc) is 3.18. The topological polar surface area (TPSA) is 34.4 Å². The maximum atomic E-state index is 6.09.